The summed E-state index contributed by atoms with van der Waals surface area (Å²) in [7, 11) is 3.87. The van der Waals surface area contributed by atoms with Gasteiger partial charge in [-0.2, -0.15) is 0 Å². The van der Waals surface area contributed by atoms with Crippen LogP contribution in [0.15, 0.2) is 0 Å². The lowest BCUT2D eigenvalue weighted by atomic mass is 9.93. The predicted molar refractivity (Wildman–Crippen MR) is 76.5 cm³/mol. The first-order valence-electron chi connectivity index (χ1n) is 7.42. The van der Waals surface area contributed by atoms with Crippen LogP contribution in [-0.4, -0.2) is 26.8 Å². The van der Waals surface area contributed by atoms with Gasteiger partial charge >= 0.3 is 0 Å². The Kier molecular flexibility index (Phi) is 12.3. The second kappa shape index (κ2) is 12.4. The minimum Gasteiger partial charge on any atom is -0.385 e. The summed E-state index contributed by atoms with van der Waals surface area (Å²) in [6.07, 6.45) is 10.8. The zero-order valence-corrected chi connectivity index (χ0v) is 12.4. The van der Waals surface area contributed by atoms with Gasteiger partial charge in [-0.3, -0.25) is 0 Å². The molecule has 0 saturated carbocycles. The molecule has 0 spiro atoms. The van der Waals surface area contributed by atoms with E-state index in [1.54, 1.807) is 7.11 Å². The van der Waals surface area contributed by atoms with Crippen LogP contribution in [0.2, 0.25) is 0 Å². The van der Waals surface area contributed by atoms with Crippen molar-refractivity contribution in [2.45, 2.75) is 71.3 Å². The van der Waals surface area contributed by atoms with Gasteiger partial charge in [0.1, 0.15) is 0 Å². The molecule has 0 amide bonds. The highest BCUT2D eigenvalue weighted by atomic mass is 16.5. The van der Waals surface area contributed by atoms with Gasteiger partial charge in [-0.15, -0.1) is 0 Å². The molecule has 0 saturated heterocycles. The lowest BCUT2D eigenvalue weighted by Gasteiger charge is -2.23. The summed E-state index contributed by atoms with van der Waals surface area (Å²) in [6.45, 7) is 5.49. The van der Waals surface area contributed by atoms with Crippen molar-refractivity contribution in [3.8, 4) is 0 Å². The van der Waals surface area contributed by atoms with E-state index in [9.17, 15) is 0 Å². The molecule has 2 nitrogen and oxygen atoms in total. The molecule has 2 heteroatoms. The summed E-state index contributed by atoms with van der Waals surface area (Å²) in [4.78, 5) is 0. The van der Waals surface area contributed by atoms with Gasteiger partial charge in [0.25, 0.3) is 0 Å². The average Bonchev–Trinajstić information content (AvgIpc) is 2.35. The summed E-state index contributed by atoms with van der Waals surface area (Å²) in [5, 5.41) is 3.46. The molecule has 0 aromatic heterocycles. The summed E-state index contributed by atoms with van der Waals surface area (Å²) in [5.41, 5.74) is 0. The number of methoxy groups -OCH3 is 1. The third-order valence-corrected chi connectivity index (χ3v) is 3.70. The first-order chi connectivity index (χ1) is 8.26. The monoisotopic (exact) mass is 243 g/mol. The molecule has 0 aromatic rings. The number of hydrogen-bond donors (Lipinski definition) is 1. The van der Waals surface area contributed by atoms with E-state index in [0.29, 0.717) is 6.04 Å². The zero-order valence-electron chi connectivity index (χ0n) is 12.4. The molecule has 0 fully saturated rings. The van der Waals surface area contributed by atoms with Gasteiger partial charge in [-0.25, -0.2) is 0 Å². The van der Waals surface area contributed by atoms with Crippen molar-refractivity contribution in [3.05, 3.63) is 0 Å². The number of rotatable bonds is 12. The first kappa shape index (κ1) is 16.9. The van der Waals surface area contributed by atoms with Gasteiger partial charge in [0.2, 0.25) is 0 Å². The van der Waals surface area contributed by atoms with Gasteiger partial charge in [0.15, 0.2) is 0 Å². The Morgan fingerprint density at radius 1 is 1.00 bits per heavy atom. The molecular formula is C15H33NO. The van der Waals surface area contributed by atoms with E-state index in [2.05, 4.69) is 26.2 Å². The fourth-order valence-electron chi connectivity index (χ4n) is 2.36. The maximum Gasteiger partial charge on any atom is 0.0465 e. The van der Waals surface area contributed by atoms with Crippen molar-refractivity contribution < 1.29 is 4.74 Å². The van der Waals surface area contributed by atoms with Crippen LogP contribution in [0, 0.1) is 5.92 Å². The SMILES string of the molecule is CCCCCCCCC(NC)C(C)CCOC. The van der Waals surface area contributed by atoms with Crippen LogP contribution < -0.4 is 5.32 Å². The lowest BCUT2D eigenvalue weighted by Crippen LogP contribution is -2.32. The minimum atomic E-state index is 0.663. The highest BCUT2D eigenvalue weighted by Crippen LogP contribution is 2.15. The molecular weight excluding hydrogens is 210 g/mol. The molecule has 0 heterocycles. The zero-order chi connectivity index (χ0) is 12.9. The van der Waals surface area contributed by atoms with E-state index >= 15 is 0 Å². The van der Waals surface area contributed by atoms with E-state index in [4.69, 9.17) is 4.74 Å². The smallest absolute Gasteiger partial charge is 0.0465 e. The Morgan fingerprint density at radius 2 is 1.65 bits per heavy atom. The van der Waals surface area contributed by atoms with Crippen molar-refractivity contribution in [2.75, 3.05) is 20.8 Å². The minimum absolute atomic E-state index is 0.663. The van der Waals surface area contributed by atoms with E-state index in [-0.39, 0.29) is 0 Å². The maximum atomic E-state index is 5.15. The molecule has 0 aromatic carbocycles. The largest absolute Gasteiger partial charge is 0.385 e. The first-order valence-corrected chi connectivity index (χ1v) is 7.42. The Bertz CT molecular complexity index is 150. The number of nitrogens with one attached hydrogen (secondary N) is 1. The lowest BCUT2D eigenvalue weighted by molar-refractivity contribution is 0.169. The molecule has 0 bridgehead atoms. The van der Waals surface area contributed by atoms with Gasteiger partial charge < -0.3 is 10.1 Å². The Hall–Kier alpha value is -0.0800. The average molecular weight is 243 g/mol. The van der Waals surface area contributed by atoms with Gasteiger partial charge in [-0.1, -0.05) is 52.4 Å². The van der Waals surface area contributed by atoms with Crippen LogP contribution >= 0.6 is 0 Å². The van der Waals surface area contributed by atoms with Crippen molar-refractivity contribution >= 4 is 0 Å². The standard InChI is InChI=1S/C15H33NO/c1-5-6-7-8-9-10-11-15(16-3)14(2)12-13-17-4/h14-16H,5-13H2,1-4H3. The Morgan fingerprint density at radius 3 is 2.24 bits per heavy atom. The predicted octanol–water partition coefficient (Wildman–Crippen LogP) is 4.00. The van der Waals surface area contributed by atoms with Crippen LogP contribution in [0.25, 0.3) is 0 Å². The third kappa shape index (κ3) is 9.61. The molecule has 17 heavy (non-hydrogen) atoms. The van der Waals surface area contributed by atoms with Gasteiger partial charge in [0.05, 0.1) is 0 Å². The highest BCUT2D eigenvalue weighted by Gasteiger charge is 2.14. The van der Waals surface area contributed by atoms with Crippen LogP contribution in [0.3, 0.4) is 0 Å². The van der Waals surface area contributed by atoms with E-state index in [1.807, 2.05) is 0 Å². The summed E-state index contributed by atoms with van der Waals surface area (Å²) < 4.78 is 5.15. The van der Waals surface area contributed by atoms with Gasteiger partial charge in [0, 0.05) is 19.8 Å². The molecule has 0 aliphatic carbocycles. The normalized spacial score (nSPS) is 14.8. The summed E-state index contributed by atoms with van der Waals surface area (Å²) in [6, 6.07) is 0.663. The molecule has 0 radical (unpaired) electrons. The van der Waals surface area contributed by atoms with E-state index < -0.39 is 0 Å². The number of hydrogen-bond acceptors (Lipinski definition) is 2. The van der Waals surface area contributed by atoms with Crippen molar-refractivity contribution in [3.63, 3.8) is 0 Å². The van der Waals surface area contributed by atoms with E-state index in [1.165, 1.54) is 44.9 Å². The quantitative estimate of drug-likeness (QED) is 0.523. The van der Waals surface area contributed by atoms with Crippen molar-refractivity contribution in [2.24, 2.45) is 5.92 Å². The topological polar surface area (TPSA) is 21.3 Å². The molecule has 1 N–H and O–H groups in total. The van der Waals surface area contributed by atoms with E-state index in [0.717, 1.165) is 18.9 Å². The molecule has 0 aliphatic rings. The van der Waals surface area contributed by atoms with Gasteiger partial charge in [-0.05, 0) is 25.8 Å². The molecule has 2 atom stereocenters. The molecule has 0 aliphatic heterocycles. The molecule has 104 valence electrons. The third-order valence-electron chi connectivity index (χ3n) is 3.70. The Labute approximate surface area is 109 Å². The van der Waals surface area contributed by atoms with Crippen molar-refractivity contribution in [1.82, 2.24) is 5.32 Å². The fraction of sp³-hybridized carbons (Fsp3) is 1.00. The maximum absolute atomic E-state index is 5.15. The second-order valence-electron chi connectivity index (χ2n) is 5.21. The van der Waals surface area contributed by atoms with Crippen LogP contribution in [0.5, 0.6) is 0 Å². The molecule has 2 unspecified atom stereocenters. The summed E-state index contributed by atoms with van der Waals surface area (Å²) in [5.74, 6) is 0.718. The summed E-state index contributed by atoms with van der Waals surface area (Å²) >= 11 is 0. The number of unbranched alkanes of at least 4 members (excludes halogenated alkanes) is 5. The molecule has 0 rings (SSSR count). The van der Waals surface area contributed by atoms with Crippen LogP contribution in [-0.2, 0) is 4.74 Å². The van der Waals surface area contributed by atoms with Crippen molar-refractivity contribution in [1.29, 1.82) is 0 Å². The number of ether oxygens (including phenoxy) is 1. The fourth-order valence-corrected chi connectivity index (χ4v) is 2.36. The second-order valence-corrected chi connectivity index (χ2v) is 5.21. The highest BCUT2D eigenvalue weighted by molar-refractivity contribution is 4.71. The Balaban J connectivity index is 3.52. The van der Waals surface area contributed by atoms with Crippen LogP contribution in [0.1, 0.15) is 65.2 Å². The van der Waals surface area contributed by atoms with Crippen LogP contribution in [0.4, 0.5) is 0 Å².